The quantitative estimate of drug-likeness (QED) is 0.852. The summed E-state index contributed by atoms with van der Waals surface area (Å²) >= 11 is 0. The topological polar surface area (TPSA) is 102 Å². The van der Waals surface area contributed by atoms with Crippen molar-refractivity contribution in [1.29, 1.82) is 15.9 Å². The fourth-order valence-corrected chi connectivity index (χ4v) is 5.63. The van der Waals surface area contributed by atoms with Crippen LogP contribution >= 0.6 is 0 Å². The van der Waals surface area contributed by atoms with Crippen molar-refractivity contribution in [2.45, 2.75) is 44.5 Å². The van der Waals surface area contributed by atoms with Gasteiger partial charge < -0.3 is 9.47 Å². The first-order valence-corrected chi connectivity index (χ1v) is 9.65. The molecule has 0 unspecified atom stereocenters. The average Bonchev–Trinajstić information content (AvgIpc) is 2.91. The molecule has 28 heavy (non-hydrogen) atoms. The van der Waals surface area contributed by atoms with Gasteiger partial charge in [-0.3, -0.25) is 5.41 Å². The maximum absolute atomic E-state index is 10.4. The van der Waals surface area contributed by atoms with Crippen LogP contribution in [0.2, 0.25) is 0 Å². The Morgan fingerprint density at radius 1 is 1.21 bits per heavy atom. The molecule has 6 heteroatoms. The van der Waals surface area contributed by atoms with Crippen LogP contribution < -0.4 is 0 Å². The van der Waals surface area contributed by atoms with Crippen LogP contribution in [-0.2, 0) is 9.47 Å². The van der Waals surface area contributed by atoms with Crippen LogP contribution in [0.5, 0.6) is 0 Å². The summed E-state index contributed by atoms with van der Waals surface area (Å²) in [7, 11) is 0. The molecule has 5 aliphatic rings. The molecule has 6 nitrogen and oxygen atoms in total. The molecular formula is C22H20N4O2. The predicted molar refractivity (Wildman–Crippen MR) is 102 cm³/mol. The van der Waals surface area contributed by atoms with Crippen molar-refractivity contribution >= 4 is 17.8 Å². The van der Waals surface area contributed by atoms with Gasteiger partial charge in [0.25, 0.3) is 0 Å². The fourth-order valence-electron chi connectivity index (χ4n) is 5.63. The zero-order chi connectivity index (χ0) is 19.6. The Hall–Kier alpha value is -2.96. The highest BCUT2D eigenvalue weighted by molar-refractivity contribution is 6.13. The molecule has 140 valence electrons. The smallest absolute Gasteiger partial charge is 0.218 e. The van der Waals surface area contributed by atoms with E-state index in [9.17, 15) is 10.5 Å². The number of hydrogen-bond donors (Lipinski definition) is 1. The normalized spacial score (nSPS) is 40.8. The lowest BCUT2D eigenvalue weighted by molar-refractivity contribution is -0.344. The minimum Gasteiger partial charge on any atom is -0.447 e. The summed E-state index contributed by atoms with van der Waals surface area (Å²) in [6, 6.07) is 14.5. The van der Waals surface area contributed by atoms with Crippen molar-refractivity contribution < 1.29 is 9.47 Å². The number of benzene rings is 1. The second-order valence-corrected chi connectivity index (χ2v) is 8.11. The highest BCUT2D eigenvalue weighted by atomic mass is 16.7. The Labute approximate surface area is 163 Å². The van der Waals surface area contributed by atoms with Crippen molar-refractivity contribution in [3.8, 4) is 12.1 Å². The number of aliphatic imine (C=N–C) groups is 1. The number of hydrogen-bond acceptors (Lipinski definition) is 5. The SMILES string of the molecule is C/C(=C\c1ccccc1)[C@H]1O[C@@]23CCCC[C@H]2[C@@]2(C#N)C(=N)N=C(O3)[C@@]12C#N. The van der Waals surface area contributed by atoms with Gasteiger partial charge in [-0.25, -0.2) is 0 Å². The molecule has 5 atom stereocenters. The van der Waals surface area contributed by atoms with Gasteiger partial charge in [-0.2, -0.15) is 15.5 Å². The van der Waals surface area contributed by atoms with Crippen LogP contribution in [0.25, 0.3) is 6.08 Å². The zero-order valence-electron chi connectivity index (χ0n) is 15.6. The van der Waals surface area contributed by atoms with Crippen LogP contribution in [-0.4, -0.2) is 23.6 Å². The molecule has 0 aromatic heterocycles. The molecule has 4 fully saturated rings. The molecule has 3 saturated heterocycles. The molecule has 0 amide bonds. The Kier molecular flexibility index (Phi) is 3.39. The molecule has 1 saturated carbocycles. The Bertz CT molecular complexity index is 1020. The number of fused-ring (bicyclic) bond motifs is 1. The largest absolute Gasteiger partial charge is 0.447 e. The molecule has 4 bridgehead atoms. The van der Waals surface area contributed by atoms with Crippen molar-refractivity contribution in [3.63, 3.8) is 0 Å². The number of nitrogens with zero attached hydrogens (tertiary/aromatic N) is 3. The summed E-state index contributed by atoms with van der Waals surface area (Å²) in [4.78, 5) is 4.30. The van der Waals surface area contributed by atoms with Crippen molar-refractivity contribution in [2.24, 2.45) is 21.7 Å². The van der Waals surface area contributed by atoms with Crippen LogP contribution in [0.4, 0.5) is 0 Å². The third-order valence-corrected chi connectivity index (χ3v) is 6.81. The minimum atomic E-state index is -1.42. The van der Waals surface area contributed by atoms with Gasteiger partial charge in [-0.05, 0) is 30.9 Å². The summed E-state index contributed by atoms with van der Waals surface area (Å²) in [5.41, 5.74) is -0.920. The van der Waals surface area contributed by atoms with Gasteiger partial charge in [-0.15, -0.1) is 0 Å². The van der Waals surface area contributed by atoms with Crippen LogP contribution in [0.1, 0.15) is 38.2 Å². The molecule has 1 N–H and O–H groups in total. The van der Waals surface area contributed by atoms with E-state index in [4.69, 9.17) is 14.9 Å². The van der Waals surface area contributed by atoms with Crippen LogP contribution in [0.15, 0.2) is 40.9 Å². The predicted octanol–water partition coefficient (Wildman–Crippen LogP) is 3.81. The molecular weight excluding hydrogens is 352 g/mol. The summed E-state index contributed by atoms with van der Waals surface area (Å²) < 4.78 is 12.7. The molecule has 0 radical (unpaired) electrons. The number of nitrogens with one attached hydrogen (secondary N) is 1. The van der Waals surface area contributed by atoms with E-state index in [0.29, 0.717) is 12.8 Å². The first kappa shape index (κ1) is 17.2. The van der Waals surface area contributed by atoms with E-state index in [2.05, 4.69) is 17.1 Å². The van der Waals surface area contributed by atoms with Gasteiger partial charge in [0.1, 0.15) is 11.9 Å². The van der Waals surface area contributed by atoms with Crippen molar-refractivity contribution in [3.05, 3.63) is 41.5 Å². The average molecular weight is 372 g/mol. The van der Waals surface area contributed by atoms with E-state index >= 15 is 0 Å². The molecule has 1 aromatic rings. The standard InChI is InChI=1S/C22H20N4O2/c1-14(11-15-7-3-2-4-8-15)17-21(13-24)19-26-18(25)20(21,12-23)16-9-5-6-10-22(16,27-17)28-19/h2-4,7-8,11,16-17,25H,5-6,9-10H2,1H3/b14-11+,25-18?/t16-,17+,20-,21+,22+/m0/s1. The maximum atomic E-state index is 10.4. The van der Waals surface area contributed by atoms with Gasteiger partial charge >= 0.3 is 0 Å². The van der Waals surface area contributed by atoms with Crippen molar-refractivity contribution in [1.82, 2.24) is 0 Å². The summed E-state index contributed by atoms with van der Waals surface area (Å²) in [5.74, 6) is -1.20. The first-order chi connectivity index (χ1) is 13.5. The van der Waals surface area contributed by atoms with Crippen LogP contribution in [0, 0.1) is 44.8 Å². The summed E-state index contributed by atoms with van der Waals surface area (Å²) in [6.45, 7) is 1.92. The number of nitriles is 2. The lowest BCUT2D eigenvalue weighted by Crippen LogP contribution is -2.75. The van der Waals surface area contributed by atoms with Crippen LogP contribution in [0.3, 0.4) is 0 Å². The van der Waals surface area contributed by atoms with E-state index in [1.54, 1.807) is 0 Å². The maximum Gasteiger partial charge on any atom is 0.218 e. The monoisotopic (exact) mass is 372 g/mol. The van der Waals surface area contributed by atoms with E-state index in [-0.39, 0.29) is 17.7 Å². The summed E-state index contributed by atoms with van der Waals surface area (Å²) in [5, 5.41) is 29.3. The zero-order valence-corrected chi connectivity index (χ0v) is 15.6. The van der Waals surface area contributed by atoms with Gasteiger partial charge in [0.05, 0.1) is 18.1 Å². The fraction of sp³-hybridized carbons (Fsp3) is 0.455. The van der Waals surface area contributed by atoms with Gasteiger partial charge in [0, 0.05) is 6.42 Å². The second-order valence-electron chi connectivity index (χ2n) is 8.11. The lowest BCUT2D eigenvalue weighted by Gasteiger charge is -2.63. The highest BCUT2D eigenvalue weighted by Crippen LogP contribution is 2.69. The molecule has 4 aliphatic heterocycles. The molecule has 1 spiro atoms. The van der Waals surface area contributed by atoms with Gasteiger partial charge in [0.2, 0.25) is 11.7 Å². The first-order valence-electron chi connectivity index (χ1n) is 9.65. The molecule has 1 aliphatic carbocycles. The summed E-state index contributed by atoms with van der Waals surface area (Å²) in [6.07, 6.45) is 4.48. The minimum absolute atomic E-state index is 0.0545. The Balaban J connectivity index is 1.73. The molecule has 6 rings (SSSR count). The van der Waals surface area contributed by atoms with Gasteiger partial charge in [0.15, 0.2) is 10.8 Å². The molecule has 4 heterocycles. The van der Waals surface area contributed by atoms with E-state index < -0.39 is 22.7 Å². The van der Waals surface area contributed by atoms with Gasteiger partial charge in [-0.1, -0.05) is 42.8 Å². The van der Waals surface area contributed by atoms with E-state index in [1.165, 1.54) is 0 Å². The Morgan fingerprint density at radius 2 is 1.96 bits per heavy atom. The van der Waals surface area contributed by atoms with E-state index in [0.717, 1.165) is 24.0 Å². The second kappa shape index (κ2) is 5.53. The third-order valence-electron chi connectivity index (χ3n) is 6.81. The highest BCUT2D eigenvalue weighted by Gasteiger charge is 2.83. The van der Waals surface area contributed by atoms with Crippen molar-refractivity contribution in [2.75, 3.05) is 0 Å². The number of amidine groups is 1. The molecule has 1 aromatic carbocycles. The third kappa shape index (κ3) is 1.75. The Morgan fingerprint density at radius 3 is 2.68 bits per heavy atom. The number of ether oxygens (including phenoxy) is 2. The number of rotatable bonds is 2. The van der Waals surface area contributed by atoms with E-state index in [1.807, 2.05) is 43.3 Å². The lowest BCUT2D eigenvalue weighted by atomic mass is 9.48.